The van der Waals surface area contributed by atoms with Crippen LogP contribution in [0.4, 0.5) is 0 Å². The topological polar surface area (TPSA) is 80.2 Å². The van der Waals surface area contributed by atoms with Gasteiger partial charge in [-0.3, -0.25) is 4.79 Å². The highest BCUT2D eigenvalue weighted by molar-refractivity contribution is 6.02. The summed E-state index contributed by atoms with van der Waals surface area (Å²) in [6.07, 6.45) is 1.88. The van der Waals surface area contributed by atoms with E-state index in [0.29, 0.717) is 6.42 Å². The summed E-state index contributed by atoms with van der Waals surface area (Å²) >= 11 is 0. The van der Waals surface area contributed by atoms with Gasteiger partial charge >= 0.3 is 0 Å². The van der Waals surface area contributed by atoms with E-state index in [1.807, 2.05) is 0 Å². The first-order valence-corrected chi connectivity index (χ1v) is 2.97. The zero-order chi connectivity index (χ0) is 7.61. The predicted molar refractivity (Wildman–Crippen MR) is 35.6 cm³/mol. The van der Waals surface area contributed by atoms with Gasteiger partial charge in [0.15, 0.2) is 5.54 Å². The van der Waals surface area contributed by atoms with Crippen molar-refractivity contribution in [1.29, 1.82) is 0 Å². The van der Waals surface area contributed by atoms with E-state index in [2.05, 4.69) is 15.4 Å². The van der Waals surface area contributed by atoms with Gasteiger partial charge in [-0.1, -0.05) is 6.92 Å². The average molecular weight is 140 g/mol. The molecule has 10 heavy (non-hydrogen) atoms. The van der Waals surface area contributed by atoms with Crippen molar-refractivity contribution >= 4 is 12.1 Å². The van der Waals surface area contributed by atoms with E-state index >= 15 is 0 Å². The van der Waals surface area contributed by atoms with Gasteiger partial charge in [0.05, 0.1) is 6.21 Å². The Labute approximate surface area is 58.0 Å². The summed E-state index contributed by atoms with van der Waals surface area (Å²) in [7, 11) is 0. The molecule has 5 nitrogen and oxygen atoms in total. The van der Waals surface area contributed by atoms with Crippen molar-refractivity contribution in [2.45, 2.75) is 18.9 Å². The van der Waals surface area contributed by atoms with Crippen molar-refractivity contribution in [2.75, 3.05) is 0 Å². The molecule has 1 aliphatic rings. The number of nitrogens with two attached hydrogens (primary N) is 1. The molecule has 1 atom stereocenters. The third kappa shape index (κ3) is 0.792. The molecule has 2 N–H and O–H groups in total. The van der Waals surface area contributed by atoms with Crippen molar-refractivity contribution < 1.29 is 4.79 Å². The molecule has 0 aromatic carbocycles. The van der Waals surface area contributed by atoms with Crippen LogP contribution in [0.5, 0.6) is 0 Å². The van der Waals surface area contributed by atoms with Crippen LogP contribution in [-0.4, -0.2) is 17.7 Å². The molecular formula is C5H8N4O. The summed E-state index contributed by atoms with van der Waals surface area (Å²) in [6, 6.07) is 0. The second-order valence-electron chi connectivity index (χ2n) is 2.08. The molecule has 0 aliphatic carbocycles. The minimum Gasteiger partial charge on any atom is -0.367 e. The largest absolute Gasteiger partial charge is 0.367 e. The molecule has 0 aromatic heterocycles. The van der Waals surface area contributed by atoms with Crippen LogP contribution in [0.2, 0.25) is 0 Å². The smallest absolute Gasteiger partial charge is 0.253 e. The fraction of sp³-hybridized carbons (Fsp3) is 0.600. The van der Waals surface area contributed by atoms with Gasteiger partial charge in [0.25, 0.3) is 5.91 Å². The fourth-order valence-corrected chi connectivity index (χ4v) is 0.702. The van der Waals surface area contributed by atoms with Gasteiger partial charge in [-0.15, -0.1) is 10.2 Å². The van der Waals surface area contributed by atoms with E-state index in [9.17, 15) is 4.79 Å². The van der Waals surface area contributed by atoms with Crippen LogP contribution in [-0.2, 0) is 4.79 Å². The molecule has 54 valence electrons. The Balaban J connectivity index is 2.90. The summed E-state index contributed by atoms with van der Waals surface area (Å²) in [5.74, 6) is -0.500. The maximum absolute atomic E-state index is 10.7. The van der Waals surface area contributed by atoms with Crippen molar-refractivity contribution in [3.8, 4) is 0 Å². The Kier molecular flexibility index (Phi) is 1.48. The third-order valence-electron chi connectivity index (χ3n) is 1.51. The van der Waals surface area contributed by atoms with Gasteiger partial charge in [-0.2, -0.15) is 0 Å². The number of carbonyl (C=O) groups is 1. The zero-order valence-electron chi connectivity index (χ0n) is 5.61. The second kappa shape index (κ2) is 2.17. The molecule has 0 saturated carbocycles. The lowest BCUT2D eigenvalue weighted by Crippen LogP contribution is -2.41. The molecule has 0 bridgehead atoms. The Bertz CT molecular complexity index is 196. The zero-order valence-corrected chi connectivity index (χ0v) is 5.61. The predicted octanol–water partition coefficient (Wildman–Crippen LogP) is 0.0721. The van der Waals surface area contributed by atoms with E-state index in [1.165, 1.54) is 6.21 Å². The van der Waals surface area contributed by atoms with Crippen LogP contribution >= 0.6 is 0 Å². The second-order valence-corrected chi connectivity index (χ2v) is 2.08. The normalized spacial score (nSPS) is 29.3. The summed E-state index contributed by atoms with van der Waals surface area (Å²) in [5, 5.41) is 10.4. The average Bonchev–Trinajstić information content (AvgIpc) is 2.35. The lowest BCUT2D eigenvalue weighted by Gasteiger charge is -2.12. The van der Waals surface area contributed by atoms with Crippen molar-refractivity contribution in [3.63, 3.8) is 0 Å². The van der Waals surface area contributed by atoms with Crippen LogP contribution in [0.15, 0.2) is 15.4 Å². The Morgan fingerprint density at radius 2 is 2.50 bits per heavy atom. The molecule has 0 spiro atoms. The molecule has 0 radical (unpaired) electrons. The van der Waals surface area contributed by atoms with Crippen molar-refractivity contribution in [2.24, 2.45) is 21.2 Å². The molecule has 5 heteroatoms. The molecule has 0 saturated heterocycles. The van der Waals surface area contributed by atoms with Crippen molar-refractivity contribution in [1.82, 2.24) is 0 Å². The number of hydrogen-bond acceptors (Lipinski definition) is 4. The molecule has 1 aliphatic heterocycles. The van der Waals surface area contributed by atoms with E-state index < -0.39 is 11.4 Å². The van der Waals surface area contributed by atoms with Gasteiger partial charge in [0, 0.05) is 0 Å². The third-order valence-corrected chi connectivity index (χ3v) is 1.51. The van der Waals surface area contributed by atoms with Gasteiger partial charge in [0.2, 0.25) is 0 Å². The van der Waals surface area contributed by atoms with Gasteiger partial charge < -0.3 is 5.73 Å². The van der Waals surface area contributed by atoms with Crippen LogP contribution in [0, 0.1) is 0 Å². The molecule has 1 unspecified atom stereocenters. The fourth-order valence-electron chi connectivity index (χ4n) is 0.702. The molecule has 0 aromatic rings. The van der Waals surface area contributed by atoms with Crippen LogP contribution in [0.1, 0.15) is 13.3 Å². The Hall–Kier alpha value is -1.26. The number of hydrogen-bond donors (Lipinski definition) is 1. The first-order valence-electron chi connectivity index (χ1n) is 2.97. The summed E-state index contributed by atoms with van der Waals surface area (Å²) in [6.45, 7) is 1.81. The minimum atomic E-state index is -0.958. The quantitative estimate of drug-likeness (QED) is 0.578. The lowest BCUT2D eigenvalue weighted by molar-refractivity contribution is -0.120. The van der Waals surface area contributed by atoms with Gasteiger partial charge in [-0.25, -0.2) is 0 Å². The minimum absolute atomic E-state index is 0.500. The van der Waals surface area contributed by atoms with E-state index in [-0.39, 0.29) is 0 Å². The Morgan fingerprint density at radius 1 is 1.80 bits per heavy atom. The number of primary amides is 1. The Morgan fingerprint density at radius 3 is 2.70 bits per heavy atom. The number of rotatable bonds is 2. The molecule has 0 fully saturated rings. The molecule has 1 rings (SSSR count). The molecule has 1 amide bonds. The van der Waals surface area contributed by atoms with Gasteiger partial charge in [-0.05, 0) is 11.6 Å². The maximum atomic E-state index is 10.7. The first-order chi connectivity index (χ1) is 4.71. The van der Waals surface area contributed by atoms with Gasteiger partial charge in [0.1, 0.15) is 0 Å². The van der Waals surface area contributed by atoms with E-state index in [0.717, 1.165) is 0 Å². The SMILES string of the molecule is CCC1(C(N)=O)C=NN=N1. The summed E-state index contributed by atoms with van der Waals surface area (Å²) in [4.78, 5) is 10.7. The highest BCUT2D eigenvalue weighted by Gasteiger charge is 2.35. The highest BCUT2D eigenvalue weighted by atomic mass is 16.1. The van der Waals surface area contributed by atoms with Crippen molar-refractivity contribution in [3.05, 3.63) is 0 Å². The molecular weight excluding hydrogens is 132 g/mol. The first kappa shape index (κ1) is 6.85. The number of amides is 1. The van der Waals surface area contributed by atoms with Crippen LogP contribution in [0.25, 0.3) is 0 Å². The van der Waals surface area contributed by atoms with Crippen LogP contribution < -0.4 is 5.73 Å². The summed E-state index contributed by atoms with van der Waals surface area (Å²) in [5.41, 5.74) is 4.10. The lowest BCUT2D eigenvalue weighted by atomic mass is 9.99. The maximum Gasteiger partial charge on any atom is 0.253 e. The standard InChI is InChI=1S/C5H8N4O/c1-2-5(4(6)10)3-7-9-8-5/h3H,2H2,1H3,(H2,6,10). The summed E-state index contributed by atoms with van der Waals surface area (Å²) < 4.78 is 0. The number of nitrogens with zero attached hydrogens (tertiary/aromatic N) is 3. The number of carbonyl (C=O) groups excluding carboxylic acids is 1. The highest BCUT2D eigenvalue weighted by Crippen LogP contribution is 2.17. The van der Waals surface area contributed by atoms with E-state index in [1.54, 1.807) is 6.92 Å². The van der Waals surface area contributed by atoms with E-state index in [4.69, 9.17) is 5.73 Å². The van der Waals surface area contributed by atoms with Crippen LogP contribution in [0.3, 0.4) is 0 Å². The molecule has 1 heterocycles. The monoisotopic (exact) mass is 140 g/mol.